The second-order valence-electron chi connectivity index (χ2n) is 5.54. The van der Waals surface area contributed by atoms with E-state index in [1.165, 1.54) is 25.3 Å². The monoisotopic (exact) mass is 362 g/mol. The maximum absolute atomic E-state index is 12.5. The molecule has 0 unspecified atom stereocenters. The highest BCUT2D eigenvalue weighted by molar-refractivity contribution is 7.87. The summed E-state index contributed by atoms with van der Waals surface area (Å²) >= 11 is 0. The Bertz CT molecular complexity index is 880. The molecule has 7 nitrogen and oxygen atoms in total. The van der Waals surface area contributed by atoms with Crippen molar-refractivity contribution < 1.29 is 22.1 Å². The number of anilines is 1. The van der Waals surface area contributed by atoms with Crippen molar-refractivity contribution in [2.24, 2.45) is 0 Å². The Morgan fingerprint density at radius 2 is 1.60 bits per heavy atom. The summed E-state index contributed by atoms with van der Waals surface area (Å²) in [6.45, 7) is 1.20. The average Bonchev–Trinajstić information content (AvgIpc) is 2.94. The van der Waals surface area contributed by atoms with Crippen LogP contribution in [0, 0.1) is 0 Å². The number of carbonyl (C=O) groups is 1. The van der Waals surface area contributed by atoms with E-state index >= 15 is 0 Å². The third kappa shape index (κ3) is 3.39. The number of benzene rings is 2. The second kappa shape index (κ2) is 6.64. The third-order valence-electron chi connectivity index (χ3n) is 3.92. The number of likely N-dealkylation sites (N-methyl/N-ethyl adjacent to an activating group) is 1. The van der Waals surface area contributed by atoms with Crippen LogP contribution in [0.4, 0.5) is 10.5 Å². The van der Waals surface area contributed by atoms with Crippen molar-refractivity contribution in [1.29, 1.82) is 0 Å². The maximum Gasteiger partial charge on any atom is 0.339 e. The summed E-state index contributed by atoms with van der Waals surface area (Å²) in [4.78, 5) is 15.2. The molecule has 132 valence electrons. The third-order valence-corrected chi connectivity index (χ3v) is 5.17. The van der Waals surface area contributed by atoms with Crippen LogP contribution >= 0.6 is 0 Å². The first-order chi connectivity index (χ1) is 11.9. The van der Waals surface area contributed by atoms with Crippen molar-refractivity contribution in [1.82, 2.24) is 4.90 Å². The Balaban J connectivity index is 1.82. The van der Waals surface area contributed by atoms with E-state index in [0.717, 1.165) is 0 Å². The molecule has 1 saturated heterocycles. The second-order valence-corrected chi connectivity index (χ2v) is 7.08. The van der Waals surface area contributed by atoms with Gasteiger partial charge < -0.3 is 13.8 Å². The van der Waals surface area contributed by atoms with E-state index in [2.05, 4.69) is 0 Å². The number of carbonyl (C=O) groups excluding carboxylic acids is 1. The van der Waals surface area contributed by atoms with Gasteiger partial charge in [-0.3, -0.25) is 4.90 Å². The SMILES string of the molecule is COc1ccccc1OS(=O)(=O)c1ccc(N2CCN(C)C2=O)cc1. The average molecular weight is 362 g/mol. The zero-order valence-electron chi connectivity index (χ0n) is 13.9. The van der Waals surface area contributed by atoms with E-state index in [1.807, 2.05) is 0 Å². The number of nitrogens with zero attached hydrogens (tertiary/aromatic N) is 2. The largest absolute Gasteiger partial charge is 0.493 e. The van der Waals surface area contributed by atoms with E-state index in [0.29, 0.717) is 24.5 Å². The van der Waals surface area contributed by atoms with Crippen LogP contribution < -0.4 is 13.8 Å². The Labute approximate surface area is 146 Å². The Morgan fingerprint density at radius 3 is 2.16 bits per heavy atom. The van der Waals surface area contributed by atoms with Gasteiger partial charge in [0.05, 0.1) is 7.11 Å². The van der Waals surface area contributed by atoms with Crippen molar-refractivity contribution in [3.05, 3.63) is 48.5 Å². The summed E-state index contributed by atoms with van der Waals surface area (Å²) in [6, 6.07) is 12.4. The molecule has 2 amide bonds. The molecule has 1 fully saturated rings. The molecule has 1 heterocycles. The van der Waals surface area contributed by atoms with E-state index in [9.17, 15) is 13.2 Å². The fraction of sp³-hybridized carbons (Fsp3) is 0.235. The lowest BCUT2D eigenvalue weighted by Crippen LogP contribution is -2.29. The van der Waals surface area contributed by atoms with E-state index in [-0.39, 0.29) is 16.7 Å². The van der Waals surface area contributed by atoms with Crippen molar-refractivity contribution in [3.63, 3.8) is 0 Å². The molecule has 3 rings (SSSR count). The zero-order valence-corrected chi connectivity index (χ0v) is 14.7. The van der Waals surface area contributed by atoms with Gasteiger partial charge in [-0.15, -0.1) is 0 Å². The number of ether oxygens (including phenoxy) is 1. The number of hydrogen-bond acceptors (Lipinski definition) is 5. The van der Waals surface area contributed by atoms with Crippen molar-refractivity contribution in [2.75, 3.05) is 32.1 Å². The van der Waals surface area contributed by atoms with Crippen LogP contribution in [0.1, 0.15) is 0 Å². The highest BCUT2D eigenvalue weighted by Crippen LogP contribution is 2.29. The van der Waals surface area contributed by atoms with E-state index in [1.54, 1.807) is 47.2 Å². The number of urea groups is 1. The molecule has 0 radical (unpaired) electrons. The molecule has 2 aromatic rings. The summed E-state index contributed by atoms with van der Waals surface area (Å²) in [5, 5.41) is 0. The Morgan fingerprint density at radius 1 is 0.960 bits per heavy atom. The van der Waals surface area contributed by atoms with Crippen molar-refractivity contribution in [3.8, 4) is 11.5 Å². The molecule has 0 atom stereocenters. The summed E-state index contributed by atoms with van der Waals surface area (Å²) in [5.41, 5.74) is 0.644. The minimum atomic E-state index is -4.00. The number of para-hydroxylation sites is 2. The normalized spacial score (nSPS) is 14.7. The van der Waals surface area contributed by atoms with Crippen LogP contribution in [0.25, 0.3) is 0 Å². The molecule has 0 saturated carbocycles. The lowest BCUT2D eigenvalue weighted by atomic mass is 10.3. The van der Waals surface area contributed by atoms with Gasteiger partial charge in [-0.05, 0) is 36.4 Å². The molecule has 0 N–H and O–H groups in total. The molecular weight excluding hydrogens is 344 g/mol. The minimum absolute atomic E-state index is 0.00200. The molecule has 2 aromatic carbocycles. The molecule has 1 aliphatic rings. The van der Waals surface area contributed by atoms with Crippen LogP contribution in [-0.4, -0.2) is 46.6 Å². The maximum atomic E-state index is 12.5. The minimum Gasteiger partial charge on any atom is -0.493 e. The van der Waals surface area contributed by atoms with Gasteiger partial charge in [0.15, 0.2) is 11.5 Å². The molecule has 25 heavy (non-hydrogen) atoms. The summed E-state index contributed by atoms with van der Waals surface area (Å²) in [6.07, 6.45) is 0. The first-order valence-electron chi connectivity index (χ1n) is 7.62. The van der Waals surface area contributed by atoms with Crippen molar-refractivity contribution in [2.45, 2.75) is 4.90 Å². The molecule has 1 aliphatic heterocycles. The molecular formula is C17H18N2O5S. The molecule has 0 spiro atoms. The Kier molecular flexibility index (Phi) is 4.54. The van der Waals surface area contributed by atoms with Gasteiger partial charge in [-0.25, -0.2) is 4.79 Å². The number of hydrogen-bond donors (Lipinski definition) is 0. The van der Waals surface area contributed by atoms with Gasteiger partial charge >= 0.3 is 16.1 Å². The fourth-order valence-electron chi connectivity index (χ4n) is 2.53. The van der Waals surface area contributed by atoms with Gasteiger partial charge in [0.25, 0.3) is 0 Å². The van der Waals surface area contributed by atoms with Crippen LogP contribution in [0.15, 0.2) is 53.4 Å². The van der Waals surface area contributed by atoms with Gasteiger partial charge in [0.2, 0.25) is 0 Å². The summed E-state index contributed by atoms with van der Waals surface area (Å²) < 4.78 is 35.2. The molecule has 8 heteroatoms. The zero-order chi connectivity index (χ0) is 18.0. The van der Waals surface area contributed by atoms with Gasteiger partial charge in [0, 0.05) is 25.8 Å². The highest BCUT2D eigenvalue weighted by atomic mass is 32.2. The fourth-order valence-corrected chi connectivity index (χ4v) is 3.47. The van der Waals surface area contributed by atoms with Gasteiger partial charge in [-0.2, -0.15) is 8.42 Å². The molecule has 0 bridgehead atoms. The smallest absolute Gasteiger partial charge is 0.339 e. The highest BCUT2D eigenvalue weighted by Gasteiger charge is 2.27. The van der Waals surface area contributed by atoms with Crippen LogP contribution in [0.5, 0.6) is 11.5 Å². The number of methoxy groups -OCH3 is 1. The standard InChI is InChI=1S/C17H18N2O5S/c1-18-11-12-19(17(18)20)13-7-9-14(10-8-13)25(21,22)24-16-6-4-3-5-15(16)23-2/h3-10H,11-12H2,1-2H3. The first-order valence-corrected chi connectivity index (χ1v) is 9.03. The van der Waals surface area contributed by atoms with Crippen LogP contribution in [-0.2, 0) is 10.1 Å². The number of amides is 2. The van der Waals surface area contributed by atoms with Gasteiger partial charge in [-0.1, -0.05) is 12.1 Å². The van der Waals surface area contributed by atoms with E-state index in [4.69, 9.17) is 8.92 Å². The first kappa shape index (κ1) is 17.1. The quantitative estimate of drug-likeness (QED) is 0.763. The van der Waals surface area contributed by atoms with Crippen LogP contribution in [0.2, 0.25) is 0 Å². The lowest BCUT2D eigenvalue weighted by Gasteiger charge is -2.16. The van der Waals surface area contributed by atoms with E-state index < -0.39 is 10.1 Å². The summed E-state index contributed by atoms with van der Waals surface area (Å²) in [7, 11) is -0.842. The van der Waals surface area contributed by atoms with Crippen LogP contribution in [0.3, 0.4) is 0 Å². The molecule has 0 aromatic heterocycles. The van der Waals surface area contributed by atoms with Gasteiger partial charge in [0.1, 0.15) is 4.90 Å². The predicted octanol–water partition coefficient (Wildman–Crippen LogP) is 2.33. The molecule has 0 aliphatic carbocycles. The van der Waals surface area contributed by atoms with Crippen molar-refractivity contribution >= 4 is 21.8 Å². The lowest BCUT2D eigenvalue weighted by molar-refractivity contribution is 0.229. The topological polar surface area (TPSA) is 76.2 Å². The summed E-state index contributed by atoms with van der Waals surface area (Å²) in [5.74, 6) is 0.443. The predicted molar refractivity (Wildman–Crippen MR) is 92.6 cm³/mol. The number of rotatable bonds is 5. The Hall–Kier alpha value is -2.74.